The van der Waals surface area contributed by atoms with E-state index in [1.165, 1.54) is 28.7 Å². The van der Waals surface area contributed by atoms with Crippen molar-refractivity contribution in [3.63, 3.8) is 0 Å². The Labute approximate surface area is 202 Å². The minimum atomic E-state index is -0.421. The van der Waals surface area contributed by atoms with Gasteiger partial charge in [0.15, 0.2) is 0 Å². The van der Waals surface area contributed by atoms with Crippen LogP contribution >= 0.6 is 0 Å². The summed E-state index contributed by atoms with van der Waals surface area (Å²) in [7, 11) is 0. The van der Waals surface area contributed by atoms with Gasteiger partial charge in [-0.25, -0.2) is 0 Å². The molecule has 0 fully saturated rings. The second-order valence-corrected chi connectivity index (χ2v) is 8.80. The minimum absolute atomic E-state index is 0.0995. The van der Waals surface area contributed by atoms with Crippen LogP contribution < -0.4 is 0 Å². The molecule has 1 atom stereocenters. The molecule has 0 aromatic heterocycles. The van der Waals surface area contributed by atoms with Crippen LogP contribution in [0, 0.1) is 5.41 Å². The molecule has 0 saturated carbocycles. The molecule has 2 rings (SSSR count). The normalized spacial score (nSPS) is 11.3. The van der Waals surface area contributed by atoms with Crippen LogP contribution in [-0.4, -0.2) is 24.3 Å². The Morgan fingerprint density at radius 2 is 1.45 bits per heavy atom. The van der Waals surface area contributed by atoms with Gasteiger partial charge in [-0.05, 0) is 67.7 Å². The average Bonchev–Trinajstić information content (AvgIpc) is 2.87. The van der Waals surface area contributed by atoms with Crippen molar-refractivity contribution in [2.45, 2.75) is 80.1 Å². The molecule has 0 amide bonds. The predicted octanol–water partition coefficient (Wildman–Crippen LogP) is 7.61. The number of benzene rings is 2. The van der Waals surface area contributed by atoms with Crippen molar-refractivity contribution < 1.29 is 14.6 Å². The summed E-state index contributed by atoms with van der Waals surface area (Å²) < 4.78 is 4.76. The third-order valence-corrected chi connectivity index (χ3v) is 5.95. The lowest BCUT2D eigenvalue weighted by Crippen LogP contribution is -2.26. The van der Waals surface area contributed by atoms with Crippen LogP contribution in [0.5, 0.6) is 0 Å². The van der Waals surface area contributed by atoms with Crippen molar-refractivity contribution in [2.24, 2.45) is 5.41 Å². The Kier molecular flexibility index (Phi) is 15.9. The Balaban J connectivity index is 0.000000467. The van der Waals surface area contributed by atoms with E-state index >= 15 is 0 Å². The van der Waals surface area contributed by atoms with Gasteiger partial charge in [0.1, 0.15) is 6.61 Å². The van der Waals surface area contributed by atoms with E-state index in [0.29, 0.717) is 5.92 Å². The van der Waals surface area contributed by atoms with Crippen LogP contribution in [0.2, 0.25) is 0 Å². The Hall–Kier alpha value is -2.39. The van der Waals surface area contributed by atoms with Crippen molar-refractivity contribution in [1.29, 1.82) is 0 Å². The van der Waals surface area contributed by atoms with Crippen LogP contribution in [0.15, 0.2) is 55.1 Å². The van der Waals surface area contributed by atoms with Crippen molar-refractivity contribution >= 4 is 12.0 Å². The number of aliphatic hydroxyl groups is 1. The summed E-state index contributed by atoms with van der Waals surface area (Å²) in [5.74, 6) is 0.463. The predicted molar refractivity (Wildman–Crippen MR) is 143 cm³/mol. The number of aliphatic hydroxyl groups excluding tert-OH is 1. The number of aryl methyl sites for hydroxylation is 2. The van der Waals surface area contributed by atoms with Crippen LogP contribution in [-0.2, 0) is 22.4 Å². The smallest absolute Gasteiger partial charge is 0.311 e. The summed E-state index contributed by atoms with van der Waals surface area (Å²) in [5.41, 5.74) is 5.05. The third-order valence-electron chi connectivity index (χ3n) is 5.95. The maximum atomic E-state index is 11.1. The average molecular weight is 455 g/mol. The van der Waals surface area contributed by atoms with Crippen LogP contribution in [0.25, 0.3) is 6.08 Å². The summed E-state index contributed by atoms with van der Waals surface area (Å²) >= 11 is 0. The molecule has 2 aromatic carbocycles. The lowest BCUT2D eigenvalue weighted by Gasteiger charge is -2.19. The summed E-state index contributed by atoms with van der Waals surface area (Å²) in [4.78, 5) is 11.1. The fourth-order valence-electron chi connectivity index (χ4n) is 2.69. The molecule has 2 aromatic rings. The van der Waals surface area contributed by atoms with Gasteiger partial charge >= 0.3 is 5.97 Å². The maximum Gasteiger partial charge on any atom is 0.311 e. The molecule has 184 valence electrons. The van der Waals surface area contributed by atoms with E-state index in [-0.39, 0.29) is 19.2 Å². The number of hydrogen-bond acceptors (Lipinski definition) is 3. The van der Waals surface area contributed by atoms with Crippen LogP contribution in [0.4, 0.5) is 0 Å². The van der Waals surface area contributed by atoms with E-state index in [0.717, 1.165) is 19.3 Å². The standard InChI is InChI=1S/C12H18.C10H12.C8H16O3/c1-4-10(3)12-8-6-11(5-2)7-9-12;1-3-9-5-7-10(4-2)8-6-9;1-4-8(2,3)7(10)11-6-5-9/h6-10H,4-5H2,1-3H3;3,5-8H,1,4H2,2H3;9H,4-6H2,1-3H3. The highest BCUT2D eigenvalue weighted by Gasteiger charge is 2.26. The number of carbonyl (C=O) groups excluding carboxylic acids is 1. The quantitative estimate of drug-likeness (QED) is 0.397. The summed E-state index contributed by atoms with van der Waals surface area (Å²) in [6, 6.07) is 17.4. The first-order chi connectivity index (χ1) is 15.7. The van der Waals surface area contributed by atoms with Gasteiger partial charge in [-0.3, -0.25) is 4.79 Å². The van der Waals surface area contributed by atoms with Crippen molar-refractivity contribution in [3.05, 3.63) is 77.4 Å². The number of rotatable bonds is 9. The maximum absolute atomic E-state index is 11.1. The van der Waals surface area contributed by atoms with Crippen molar-refractivity contribution in [1.82, 2.24) is 0 Å². The Bertz CT molecular complexity index is 773. The van der Waals surface area contributed by atoms with Crippen LogP contribution in [0.3, 0.4) is 0 Å². The highest BCUT2D eigenvalue weighted by molar-refractivity contribution is 5.75. The van der Waals surface area contributed by atoms with E-state index in [2.05, 4.69) is 82.8 Å². The van der Waals surface area contributed by atoms with Crippen LogP contribution in [0.1, 0.15) is 89.5 Å². The van der Waals surface area contributed by atoms with Gasteiger partial charge in [-0.2, -0.15) is 0 Å². The Morgan fingerprint density at radius 3 is 1.82 bits per heavy atom. The summed E-state index contributed by atoms with van der Waals surface area (Å²) in [6.07, 6.45) is 6.08. The first-order valence-corrected chi connectivity index (χ1v) is 12.3. The van der Waals surface area contributed by atoms with Gasteiger partial charge in [-0.1, -0.05) is 95.8 Å². The van der Waals surface area contributed by atoms with Gasteiger partial charge in [0.25, 0.3) is 0 Å². The fourth-order valence-corrected chi connectivity index (χ4v) is 2.69. The highest BCUT2D eigenvalue weighted by atomic mass is 16.5. The van der Waals surface area contributed by atoms with E-state index in [1.807, 2.05) is 26.8 Å². The van der Waals surface area contributed by atoms with E-state index in [1.54, 1.807) is 0 Å². The molecular weight excluding hydrogens is 408 g/mol. The number of hydrogen-bond donors (Lipinski definition) is 1. The Morgan fingerprint density at radius 1 is 0.970 bits per heavy atom. The topological polar surface area (TPSA) is 46.5 Å². The monoisotopic (exact) mass is 454 g/mol. The molecule has 0 aliphatic carbocycles. The van der Waals surface area contributed by atoms with Crippen molar-refractivity contribution in [2.75, 3.05) is 13.2 Å². The molecular formula is C30H46O3. The van der Waals surface area contributed by atoms with E-state index in [9.17, 15) is 4.79 Å². The largest absolute Gasteiger partial charge is 0.463 e. The lowest BCUT2D eigenvalue weighted by molar-refractivity contribution is -0.155. The summed E-state index contributed by atoms with van der Waals surface area (Å²) in [5, 5.41) is 8.38. The third kappa shape index (κ3) is 12.4. The molecule has 1 N–H and O–H groups in total. The number of esters is 1. The first kappa shape index (κ1) is 30.6. The van der Waals surface area contributed by atoms with Gasteiger partial charge in [-0.15, -0.1) is 0 Å². The zero-order chi connectivity index (χ0) is 25.3. The SMILES string of the molecule is C=Cc1ccc(CC)cc1.CCC(C)(C)C(=O)OCCO.CCc1ccc(C(C)CC)cc1. The molecule has 3 heteroatoms. The molecule has 0 aliphatic rings. The van der Waals surface area contributed by atoms with Gasteiger partial charge < -0.3 is 9.84 Å². The molecule has 0 spiro atoms. The number of carbonyl (C=O) groups is 1. The molecule has 0 heterocycles. The van der Waals surface area contributed by atoms with Gasteiger partial charge in [0, 0.05) is 0 Å². The lowest BCUT2D eigenvalue weighted by atomic mass is 9.91. The zero-order valence-corrected chi connectivity index (χ0v) is 22.0. The second kappa shape index (κ2) is 17.1. The molecule has 0 aliphatic heterocycles. The highest BCUT2D eigenvalue weighted by Crippen LogP contribution is 2.21. The molecule has 3 nitrogen and oxygen atoms in total. The zero-order valence-electron chi connectivity index (χ0n) is 22.0. The molecule has 1 unspecified atom stereocenters. The molecule has 33 heavy (non-hydrogen) atoms. The van der Waals surface area contributed by atoms with Gasteiger partial charge in [0.05, 0.1) is 12.0 Å². The van der Waals surface area contributed by atoms with Crippen molar-refractivity contribution in [3.8, 4) is 0 Å². The number of ether oxygens (including phenoxy) is 1. The van der Waals surface area contributed by atoms with E-state index in [4.69, 9.17) is 9.84 Å². The fraction of sp³-hybridized carbons (Fsp3) is 0.500. The molecule has 0 saturated heterocycles. The van der Waals surface area contributed by atoms with Gasteiger partial charge in [0.2, 0.25) is 0 Å². The second-order valence-electron chi connectivity index (χ2n) is 8.80. The molecule has 0 bridgehead atoms. The minimum Gasteiger partial charge on any atom is -0.463 e. The van der Waals surface area contributed by atoms with E-state index < -0.39 is 5.41 Å². The molecule has 0 radical (unpaired) electrons. The summed E-state index contributed by atoms with van der Waals surface area (Å²) in [6.45, 7) is 18.1. The first-order valence-electron chi connectivity index (χ1n) is 12.3.